The highest BCUT2D eigenvalue weighted by atomic mass is 16.3. The van der Waals surface area contributed by atoms with Gasteiger partial charge in [-0.2, -0.15) is 0 Å². The Balaban J connectivity index is 1.66. The molecule has 3 nitrogen and oxygen atoms in total. The average molecular weight is 325 g/mol. The first kappa shape index (κ1) is 16.0. The minimum absolute atomic E-state index is 0.0104. The summed E-state index contributed by atoms with van der Waals surface area (Å²) < 4.78 is 0. The molecule has 0 aromatic heterocycles. The van der Waals surface area contributed by atoms with Gasteiger partial charge in [0.15, 0.2) is 0 Å². The van der Waals surface area contributed by atoms with Crippen LogP contribution < -0.4 is 5.73 Å². The van der Waals surface area contributed by atoms with Crippen molar-refractivity contribution in [3.63, 3.8) is 0 Å². The fourth-order valence-corrected chi connectivity index (χ4v) is 5.92. The number of hydrogen-bond acceptors (Lipinski definition) is 3. The van der Waals surface area contributed by atoms with Crippen LogP contribution in [0.3, 0.4) is 0 Å². The summed E-state index contributed by atoms with van der Waals surface area (Å²) in [5, 5.41) is 20.7. The van der Waals surface area contributed by atoms with Gasteiger partial charge in [0, 0.05) is 5.92 Å². The summed E-state index contributed by atoms with van der Waals surface area (Å²) in [6.07, 6.45) is 5.05. The lowest BCUT2D eigenvalue weighted by molar-refractivity contribution is -0.0278. The topological polar surface area (TPSA) is 66.5 Å². The van der Waals surface area contributed by atoms with Gasteiger partial charge in [-0.25, -0.2) is 0 Å². The van der Waals surface area contributed by atoms with E-state index >= 15 is 0 Å². The highest BCUT2D eigenvalue weighted by Crippen LogP contribution is 2.62. The van der Waals surface area contributed by atoms with Crippen molar-refractivity contribution < 1.29 is 10.2 Å². The van der Waals surface area contributed by atoms with Crippen molar-refractivity contribution in [3.8, 4) is 17.6 Å². The van der Waals surface area contributed by atoms with E-state index in [2.05, 4.69) is 24.8 Å². The Kier molecular flexibility index (Phi) is 3.86. The van der Waals surface area contributed by atoms with Crippen molar-refractivity contribution in [1.82, 2.24) is 0 Å². The molecule has 0 saturated heterocycles. The third-order valence-electron chi connectivity index (χ3n) is 7.10. The van der Waals surface area contributed by atoms with E-state index in [9.17, 15) is 10.2 Å². The zero-order chi connectivity index (χ0) is 16.9. The van der Waals surface area contributed by atoms with Crippen LogP contribution in [-0.4, -0.2) is 22.9 Å². The minimum atomic E-state index is -0.330. The molecule has 1 aromatic rings. The Bertz CT molecular complexity index is 704. The number of benzene rings is 1. The third kappa shape index (κ3) is 2.28. The SMILES string of the molecule is C[C@]12CCC3c4ccc(O)cc4CCC3C1C[C@@H](C#CCN)[C@@H]2O. The lowest BCUT2D eigenvalue weighted by Gasteiger charge is -2.50. The van der Waals surface area contributed by atoms with Crippen molar-refractivity contribution >= 4 is 0 Å². The molecule has 6 atom stereocenters. The average Bonchev–Trinajstić information content (AvgIpc) is 2.84. The van der Waals surface area contributed by atoms with Crippen LogP contribution in [0.1, 0.15) is 49.7 Å². The van der Waals surface area contributed by atoms with E-state index in [1.165, 1.54) is 11.1 Å². The number of phenolic OH excluding ortho intramolecular Hbond substituents is 1. The molecule has 4 rings (SSSR count). The van der Waals surface area contributed by atoms with Gasteiger partial charge in [0.25, 0.3) is 0 Å². The van der Waals surface area contributed by atoms with Crippen molar-refractivity contribution in [1.29, 1.82) is 0 Å². The molecule has 0 amide bonds. The molecule has 0 radical (unpaired) electrons. The highest BCUT2D eigenvalue weighted by molar-refractivity contribution is 5.40. The molecule has 3 heteroatoms. The standard InChI is InChI=1S/C21H27NO2/c1-21-9-8-17-16-7-5-15(23)11-13(16)4-6-18(17)19(21)12-14(20(21)24)3-2-10-22/h5,7,11,14,17-20,23-24H,4,6,8-10,12,22H2,1H3/t14-,17?,18?,19?,20+,21+/m1/s1. The third-order valence-corrected chi connectivity index (χ3v) is 7.10. The Labute approximate surface area is 144 Å². The number of phenols is 1. The summed E-state index contributed by atoms with van der Waals surface area (Å²) in [5.74, 6) is 8.38. The van der Waals surface area contributed by atoms with Gasteiger partial charge in [0.2, 0.25) is 0 Å². The first-order valence-corrected chi connectivity index (χ1v) is 9.23. The van der Waals surface area contributed by atoms with Crippen molar-refractivity contribution in [2.45, 2.75) is 51.0 Å². The van der Waals surface area contributed by atoms with Crippen LogP contribution in [0.25, 0.3) is 0 Å². The van der Waals surface area contributed by atoms with Gasteiger partial charge in [-0.3, -0.25) is 0 Å². The lowest BCUT2D eigenvalue weighted by atomic mass is 9.55. The molecular formula is C21H27NO2. The molecule has 128 valence electrons. The molecule has 24 heavy (non-hydrogen) atoms. The van der Waals surface area contributed by atoms with Gasteiger partial charge >= 0.3 is 0 Å². The lowest BCUT2D eigenvalue weighted by Crippen LogP contribution is -2.44. The molecule has 1 aromatic carbocycles. The molecule has 2 fully saturated rings. The monoisotopic (exact) mass is 325 g/mol. The fourth-order valence-electron chi connectivity index (χ4n) is 5.92. The number of rotatable bonds is 0. The van der Waals surface area contributed by atoms with Gasteiger partial charge in [-0.15, -0.1) is 0 Å². The zero-order valence-corrected chi connectivity index (χ0v) is 14.3. The molecule has 3 unspecified atom stereocenters. The predicted molar refractivity (Wildman–Crippen MR) is 94.4 cm³/mol. The minimum Gasteiger partial charge on any atom is -0.508 e. The number of aliphatic hydroxyl groups is 1. The molecule has 0 bridgehead atoms. The predicted octanol–water partition coefficient (Wildman–Crippen LogP) is 2.80. The van der Waals surface area contributed by atoms with Gasteiger partial charge in [-0.05, 0) is 78.5 Å². The molecule has 2 saturated carbocycles. The Hall–Kier alpha value is -1.50. The van der Waals surface area contributed by atoms with Crippen LogP contribution in [-0.2, 0) is 6.42 Å². The van der Waals surface area contributed by atoms with Crippen LogP contribution in [0.15, 0.2) is 18.2 Å². The summed E-state index contributed by atoms with van der Waals surface area (Å²) in [4.78, 5) is 0. The van der Waals surface area contributed by atoms with Gasteiger partial charge in [0.1, 0.15) is 5.75 Å². The maximum absolute atomic E-state index is 10.9. The van der Waals surface area contributed by atoms with Crippen LogP contribution in [0.4, 0.5) is 0 Å². The van der Waals surface area contributed by atoms with Gasteiger partial charge < -0.3 is 15.9 Å². The van der Waals surface area contributed by atoms with Crippen LogP contribution in [0.5, 0.6) is 5.75 Å². The fraction of sp³-hybridized carbons (Fsp3) is 0.619. The maximum atomic E-state index is 10.9. The molecule has 3 aliphatic rings. The smallest absolute Gasteiger partial charge is 0.115 e. The molecule has 0 spiro atoms. The van der Waals surface area contributed by atoms with Crippen LogP contribution >= 0.6 is 0 Å². The molecular weight excluding hydrogens is 298 g/mol. The van der Waals surface area contributed by atoms with Crippen LogP contribution in [0, 0.1) is 35.0 Å². The summed E-state index contributed by atoms with van der Waals surface area (Å²) >= 11 is 0. The highest BCUT2D eigenvalue weighted by Gasteiger charge is 2.57. The van der Waals surface area contributed by atoms with E-state index in [1.807, 2.05) is 12.1 Å². The second-order valence-corrected chi connectivity index (χ2v) is 8.16. The summed E-state index contributed by atoms with van der Waals surface area (Å²) in [7, 11) is 0. The normalized spacial score (nSPS) is 40.0. The number of aryl methyl sites for hydroxylation is 1. The number of aliphatic hydroxyl groups excluding tert-OH is 1. The number of aromatic hydroxyl groups is 1. The van der Waals surface area contributed by atoms with E-state index in [1.54, 1.807) is 0 Å². The van der Waals surface area contributed by atoms with E-state index in [4.69, 9.17) is 5.73 Å². The second kappa shape index (κ2) is 5.79. The summed E-state index contributed by atoms with van der Waals surface area (Å²) in [6, 6.07) is 5.90. The Morgan fingerprint density at radius 3 is 2.96 bits per heavy atom. The van der Waals surface area contributed by atoms with Gasteiger partial charge in [0.05, 0.1) is 12.6 Å². The largest absolute Gasteiger partial charge is 0.508 e. The van der Waals surface area contributed by atoms with E-state index in [-0.39, 0.29) is 17.4 Å². The van der Waals surface area contributed by atoms with Crippen molar-refractivity contribution in [3.05, 3.63) is 29.3 Å². The summed E-state index contributed by atoms with van der Waals surface area (Å²) in [6.45, 7) is 2.64. The number of hydrogen-bond donors (Lipinski definition) is 3. The Morgan fingerprint density at radius 1 is 1.33 bits per heavy atom. The number of fused-ring (bicyclic) bond motifs is 5. The first-order chi connectivity index (χ1) is 11.5. The Morgan fingerprint density at radius 2 is 2.17 bits per heavy atom. The first-order valence-electron chi connectivity index (χ1n) is 9.23. The molecule has 0 heterocycles. The second-order valence-electron chi connectivity index (χ2n) is 8.16. The quantitative estimate of drug-likeness (QED) is 0.643. The van der Waals surface area contributed by atoms with E-state index < -0.39 is 0 Å². The molecule has 4 N–H and O–H groups in total. The number of nitrogens with two attached hydrogens (primary N) is 1. The molecule has 3 aliphatic carbocycles. The van der Waals surface area contributed by atoms with Gasteiger partial charge in [-0.1, -0.05) is 24.8 Å². The summed E-state index contributed by atoms with van der Waals surface area (Å²) in [5.41, 5.74) is 8.26. The van der Waals surface area contributed by atoms with E-state index in [0.717, 1.165) is 32.1 Å². The zero-order valence-electron chi connectivity index (χ0n) is 14.3. The van der Waals surface area contributed by atoms with Crippen molar-refractivity contribution in [2.75, 3.05) is 6.54 Å². The maximum Gasteiger partial charge on any atom is 0.115 e. The molecule has 0 aliphatic heterocycles. The van der Waals surface area contributed by atoms with Crippen LogP contribution in [0.2, 0.25) is 0 Å². The van der Waals surface area contributed by atoms with E-state index in [0.29, 0.717) is 30.0 Å². The van der Waals surface area contributed by atoms with Crippen molar-refractivity contribution in [2.24, 2.45) is 28.9 Å².